The average Bonchev–Trinajstić information content (AvgIpc) is 2.95. The summed E-state index contributed by atoms with van der Waals surface area (Å²) in [6, 6.07) is 15.2. The lowest BCUT2D eigenvalue weighted by Crippen LogP contribution is -2.22. The molecule has 1 heterocycles. The number of hydrogen-bond donors (Lipinski definition) is 1. The Morgan fingerprint density at radius 3 is 2.16 bits per heavy atom. The SMILES string of the molecule is COC(=O)c1ccc(/C=C/c2nc3ccc(OC)cc3c(=O)n2-c2ccc(C(=O)O)cc2)cc1C(=O)OC. The Morgan fingerprint density at radius 2 is 1.53 bits per heavy atom. The summed E-state index contributed by atoms with van der Waals surface area (Å²) in [4.78, 5) is 53.9. The van der Waals surface area contributed by atoms with Crippen LogP contribution in [0.25, 0.3) is 28.7 Å². The average molecular weight is 514 g/mol. The number of esters is 2. The zero-order valence-electron chi connectivity index (χ0n) is 20.6. The van der Waals surface area contributed by atoms with E-state index in [0.717, 1.165) is 0 Å². The number of carboxylic acids is 1. The number of fused-ring (bicyclic) bond motifs is 1. The number of aromatic nitrogens is 2. The Balaban J connectivity index is 1.89. The van der Waals surface area contributed by atoms with Gasteiger partial charge >= 0.3 is 17.9 Å². The number of nitrogens with zero attached hydrogens (tertiary/aromatic N) is 2. The van der Waals surface area contributed by atoms with Gasteiger partial charge in [0.05, 0.1) is 54.6 Å². The second kappa shape index (κ2) is 10.8. The molecule has 0 aliphatic rings. The first-order chi connectivity index (χ1) is 18.3. The number of rotatable bonds is 7. The molecule has 0 amide bonds. The molecule has 10 heteroatoms. The minimum absolute atomic E-state index is 0.0155. The van der Waals surface area contributed by atoms with Crippen LogP contribution >= 0.6 is 0 Å². The van der Waals surface area contributed by atoms with Gasteiger partial charge in [0.2, 0.25) is 0 Å². The van der Waals surface area contributed by atoms with Gasteiger partial charge in [-0.05, 0) is 66.2 Å². The highest BCUT2D eigenvalue weighted by Gasteiger charge is 2.19. The fourth-order valence-electron chi connectivity index (χ4n) is 3.83. The predicted molar refractivity (Wildman–Crippen MR) is 139 cm³/mol. The zero-order valence-corrected chi connectivity index (χ0v) is 20.6. The minimum atomic E-state index is -1.10. The van der Waals surface area contributed by atoms with Crippen LogP contribution < -0.4 is 10.3 Å². The van der Waals surface area contributed by atoms with Gasteiger partial charge in [-0.3, -0.25) is 9.36 Å². The van der Waals surface area contributed by atoms with E-state index in [9.17, 15) is 24.3 Å². The van der Waals surface area contributed by atoms with E-state index in [2.05, 4.69) is 4.98 Å². The first-order valence-corrected chi connectivity index (χ1v) is 11.2. The molecular formula is C28H22N2O8. The highest BCUT2D eigenvalue weighted by molar-refractivity contribution is 6.03. The summed E-state index contributed by atoms with van der Waals surface area (Å²) in [6.07, 6.45) is 3.19. The number of ether oxygens (including phenoxy) is 3. The Hall–Kier alpha value is -5.25. The molecule has 10 nitrogen and oxygen atoms in total. The number of carbonyl (C=O) groups excluding carboxylic acids is 2. The van der Waals surface area contributed by atoms with Gasteiger partial charge in [0.15, 0.2) is 0 Å². The molecule has 0 saturated heterocycles. The summed E-state index contributed by atoms with van der Waals surface area (Å²) in [7, 11) is 3.90. The van der Waals surface area contributed by atoms with Crippen LogP contribution in [0.15, 0.2) is 65.5 Å². The van der Waals surface area contributed by atoms with Crippen molar-refractivity contribution < 1.29 is 33.7 Å². The van der Waals surface area contributed by atoms with Gasteiger partial charge in [0.25, 0.3) is 5.56 Å². The third kappa shape index (κ3) is 5.00. The summed E-state index contributed by atoms with van der Waals surface area (Å²) in [5.74, 6) is -1.77. The van der Waals surface area contributed by atoms with Gasteiger partial charge in [-0.2, -0.15) is 0 Å². The highest BCUT2D eigenvalue weighted by Crippen LogP contribution is 2.21. The summed E-state index contributed by atoms with van der Waals surface area (Å²) in [5.41, 5.74) is 1.07. The second-order valence-corrected chi connectivity index (χ2v) is 7.97. The molecule has 0 saturated carbocycles. The van der Waals surface area contributed by atoms with Crippen molar-refractivity contribution in [3.8, 4) is 11.4 Å². The monoisotopic (exact) mass is 514 g/mol. The predicted octanol–water partition coefficient (Wildman–Crippen LogP) is 3.84. The molecule has 0 radical (unpaired) electrons. The summed E-state index contributed by atoms with van der Waals surface area (Å²) >= 11 is 0. The van der Waals surface area contributed by atoms with Crippen LogP contribution in [0.4, 0.5) is 0 Å². The molecule has 0 unspecified atom stereocenters. The maximum absolute atomic E-state index is 13.6. The Kier molecular flexibility index (Phi) is 7.33. The molecule has 4 rings (SSSR count). The smallest absolute Gasteiger partial charge is 0.338 e. The molecule has 192 valence electrons. The molecule has 3 aromatic carbocycles. The van der Waals surface area contributed by atoms with Crippen LogP contribution in [0.5, 0.6) is 5.75 Å². The number of carbonyl (C=O) groups is 3. The van der Waals surface area contributed by atoms with E-state index in [4.69, 9.17) is 14.2 Å². The van der Waals surface area contributed by atoms with Crippen molar-refractivity contribution in [2.24, 2.45) is 0 Å². The summed E-state index contributed by atoms with van der Waals surface area (Å²) in [6.45, 7) is 0. The van der Waals surface area contributed by atoms with Crippen LogP contribution in [0.3, 0.4) is 0 Å². The van der Waals surface area contributed by atoms with Crippen LogP contribution in [-0.2, 0) is 9.47 Å². The third-order valence-corrected chi connectivity index (χ3v) is 5.75. The molecule has 38 heavy (non-hydrogen) atoms. The topological polar surface area (TPSA) is 134 Å². The molecule has 0 aliphatic carbocycles. The molecule has 0 aliphatic heterocycles. The normalized spacial score (nSPS) is 10.9. The Bertz CT molecular complexity index is 1650. The van der Waals surface area contributed by atoms with Crippen molar-refractivity contribution in [1.29, 1.82) is 0 Å². The van der Waals surface area contributed by atoms with E-state index in [0.29, 0.717) is 27.9 Å². The van der Waals surface area contributed by atoms with Crippen molar-refractivity contribution >= 4 is 41.0 Å². The fourth-order valence-corrected chi connectivity index (χ4v) is 3.83. The summed E-state index contributed by atoms with van der Waals surface area (Å²) < 4.78 is 16.1. The van der Waals surface area contributed by atoms with Gasteiger partial charge in [0, 0.05) is 0 Å². The van der Waals surface area contributed by atoms with Crippen molar-refractivity contribution in [3.63, 3.8) is 0 Å². The van der Waals surface area contributed by atoms with Crippen LogP contribution in [0, 0.1) is 0 Å². The first kappa shape index (κ1) is 25.8. The van der Waals surface area contributed by atoms with Crippen LogP contribution in [0.2, 0.25) is 0 Å². The molecular weight excluding hydrogens is 492 g/mol. The number of benzene rings is 3. The highest BCUT2D eigenvalue weighted by atomic mass is 16.5. The molecule has 0 bridgehead atoms. The third-order valence-electron chi connectivity index (χ3n) is 5.75. The maximum atomic E-state index is 13.6. The number of aromatic carboxylic acids is 1. The van der Waals surface area contributed by atoms with Gasteiger partial charge in [-0.25, -0.2) is 19.4 Å². The fraction of sp³-hybridized carbons (Fsp3) is 0.107. The largest absolute Gasteiger partial charge is 0.497 e. The van der Waals surface area contributed by atoms with Gasteiger partial charge < -0.3 is 19.3 Å². The Morgan fingerprint density at radius 1 is 0.842 bits per heavy atom. The van der Waals surface area contributed by atoms with Crippen molar-refractivity contribution in [1.82, 2.24) is 9.55 Å². The quantitative estimate of drug-likeness (QED) is 0.365. The van der Waals surface area contributed by atoms with Gasteiger partial charge in [0.1, 0.15) is 11.6 Å². The number of carboxylic acid groups (broad SMARTS) is 1. The molecule has 0 fully saturated rings. The lowest BCUT2D eigenvalue weighted by molar-refractivity contribution is 0.0555. The van der Waals surface area contributed by atoms with Crippen LogP contribution in [0.1, 0.15) is 42.5 Å². The molecule has 0 atom stereocenters. The number of methoxy groups -OCH3 is 3. The second-order valence-electron chi connectivity index (χ2n) is 7.97. The van der Waals surface area contributed by atoms with E-state index in [1.165, 1.54) is 62.3 Å². The zero-order chi connectivity index (χ0) is 27.4. The van der Waals surface area contributed by atoms with Gasteiger partial charge in [-0.1, -0.05) is 12.1 Å². The van der Waals surface area contributed by atoms with E-state index >= 15 is 0 Å². The van der Waals surface area contributed by atoms with Crippen molar-refractivity contribution in [2.75, 3.05) is 21.3 Å². The van der Waals surface area contributed by atoms with E-state index in [1.54, 1.807) is 36.4 Å². The number of hydrogen-bond acceptors (Lipinski definition) is 8. The molecule has 1 aromatic heterocycles. The molecule has 0 spiro atoms. The van der Waals surface area contributed by atoms with Gasteiger partial charge in [-0.15, -0.1) is 0 Å². The Labute approximate surface area is 216 Å². The van der Waals surface area contributed by atoms with Crippen LogP contribution in [-0.4, -0.2) is 53.9 Å². The first-order valence-electron chi connectivity index (χ1n) is 11.2. The van der Waals surface area contributed by atoms with E-state index < -0.39 is 23.5 Å². The van der Waals surface area contributed by atoms with E-state index in [1.807, 2.05) is 0 Å². The van der Waals surface area contributed by atoms with Crippen molar-refractivity contribution in [2.45, 2.75) is 0 Å². The van der Waals surface area contributed by atoms with E-state index in [-0.39, 0.29) is 22.5 Å². The minimum Gasteiger partial charge on any atom is -0.497 e. The lowest BCUT2D eigenvalue weighted by atomic mass is 10.0. The standard InChI is InChI=1S/C28H22N2O8/c1-36-19-10-12-23-22(15-19)25(31)30(18-8-6-17(7-9-18)26(32)33)24(29-23)13-5-16-4-11-20(27(34)37-2)21(14-16)28(35)38-3/h4-15H,1-3H3,(H,32,33)/b13-5+. The maximum Gasteiger partial charge on any atom is 0.338 e. The summed E-state index contributed by atoms with van der Waals surface area (Å²) in [5, 5.41) is 9.55. The lowest BCUT2D eigenvalue weighted by Gasteiger charge is -2.12. The molecule has 4 aromatic rings. The molecule has 1 N–H and O–H groups in total. The van der Waals surface area contributed by atoms with Crippen molar-refractivity contribution in [3.05, 3.63) is 99.1 Å².